The second-order valence-electron chi connectivity index (χ2n) is 5.56. The van der Waals surface area contributed by atoms with Gasteiger partial charge in [0.05, 0.1) is 11.2 Å². The molecule has 3 aromatic heterocycles. The van der Waals surface area contributed by atoms with Gasteiger partial charge in [0, 0.05) is 39.6 Å². The van der Waals surface area contributed by atoms with Gasteiger partial charge in [0.1, 0.15) is 5.65 Å². The summed E-state index contributed by atoms with van der Waals surface area (Å²) in [6.07, 6.45) is 4.86. The SMILES string of the molecule is O=[N+]([O-])c1ccc(Cl)c(C=Nc2c(-c3ccco3)nc3ccc(Br)cn23)c1. The number of hydrogen-bond donors (Lipinski definition) is 0. The van der Waals surface area contributed by atoms with E-state index in [0.29, 0.717) is 33.5 Å². The number of pyridine rings is 1. The molecule has 27 heavy (non-hydrogen) atoms. The van der Waals surface area contributed by atoms with Crippen molar-refractivity contribution in [2.75, 3.05) is 0 Å². The first kappa shape index (κ1) is 17.4. The monoisotopic (exact) mass is 444 g/mol. The fourth-order valence-electron chi connectivity index (χ4n) is 2.58. The fourth-order valence-corrected chi connectivity index (χ4v) is 3.09. The molecular weight excluding hydrogens is 436 g/mol. The molecule has 0 saturated heterocycles. The Morgan fingerprint density at radius 2 is 2.15 bits per heavy atom. The van der Waals surface area contributed by atoms with Crippen LogP contribution in [0.1, 0.15) is 5.56 Å². The van der Waals surface area contributed by atoms with Gasteiger partial charge in [-0.2, -0.15) is 0 Å². The Balaban J connectivity index is 1.87. The largest absolute Gasteiger partial charge is 0.463 e. The molecule has 0 aliphatic heterocycles. The molecule has 9 heteroatoms. The van der Waals surface area contributed by atoms with Gasteiger partial charge in [0.2, 0.25) is 0 Å². The molecule has 0 fully saturated rings. The molecule has 0 saturated carbocycles. The third-order valence-corrected chi connectivity index (χ3v) is 4.64. The molecule has 1 aromatic carbocycles. The zero-order valence-electron chi connectivity index (χ0n) is 13.5. The molecule has 0 spiro atoms. The van der Waals surface area contributed by atoms with Crippen LogP contribution < -0.4 is 0 Å². The first-order chi connectivity index (χ1) is 13.0. The van der Waals surface area contributed by atoms with Crippen LogP contribution in [0.2, 0.25) is 5.02 Å². The molecule has 0 amide bonds. The number of rotatable bonds is 4. The Kier molecular flexibility index (Phi) is 4.51. The highest BCUT2D eigenvalue weighted by Crippen LogP contribution is 2.32. The Morgan fingerprint density at radius 3 is 2.89 bits per heavy atom. The van der Waals surface area contributed by atoms with Crippen LogP contribution >= 0.6 is 27.5 Å². The maximum atomic E-state index is 11.0. The summed E-state index contributed by atoms with van der Waals surface area (Å²) >= 11 is 9.60. The molecule has 134 valence electrons. The van der Waals surface area contributed by atoms with Crippen molar-refractivity contribution < 1.29 is 9.34 Å². The van der Waals surface area contributed by atoms with Gasteiger partial charge in [-0.05, 0) is 46.3 Å². The number of non-ortho nitro benzene ring substituents is 1. The van der Waals surface area contributed by atoms with Gasteiger partial charge < -0.3 is 4.42 Å². The fraction of sp³-hybridized carbons (Fsp3) is 0. The molecule has 0 N–H and O–H groups in total. The number of nitro groups is 1. The van der Waals surface area contributed by atoms with Gasteiger partial charge in [0.25, 0.3) is 5.69 Å². The number of benzene rings is 1. The predicted molar refractivity (Wildman–Crippen MR) is 106 cm³/mol. The van der Waals surface area contributed by atoms with Crippen molar-refractivity contribution in [2.24, 2.45) is 4.99 Å². The van der Waals surface area contributed by atoms with Crippen LogP contribution in [0.15, 0.2) is 68.8 Å². The Labute approximate surface area is 166 Å². The number of aromatic nitrogens is 2. The van der Waals surface area contributed by atoms with Crippen molar-refractivity contribution in [1.29, 1.82) is 0 Å². The van der Waals surface area contributed by atoms with E-state index in [0.717, 1.165) is 4.47 Å². The molecule has 7 nitrogen and oxygen atoms in total. The number of fused-ring (bicyclic) bond motifs is 1. The van der Waals surface area contributed by atoms with Gasteiger partial charge in [-0.25, -0.2) is 9.98 Å². The van der Waals surface area contributed by atoms with Crippen LogP contribution in [-0.4, -0.2) is 20.5 Å². The molecule has 0 radical (unpaired) electrons. The second kappa shape index (κ2) is 6.98. The highest BCUT2D eigenvalue weighted by molar-refractivity contribution is 9.10. The molecule has 3 heterocycles. The molecule has 0 unspecified atom stereocenters. The molecule has 0 atom stereocenters. The summed E-state index contributed by atoms with van der Waals surface area (Å²) in [6.45, 7) is 0. The summed E-state index contributed by atoms with van der Waals surface area (Å²) in [4.78, 5) is 19.6. The van der Waals surface area contributed by atoms with Gasteiger partial charge in [-0.1, -0.05) is 11.6 Å². The Morgan fingerprint density at radius 1 is 1.30 bits per heavy atom. The van der Waals surface area contributed by atoms with E-state index >= 15 is 0 Å². The lowest BCUT2D eigenvalue weighted by Gasteiger charge is -2.01. The third-order valence-electron chi connectivity index (χ3n) is 3.83. The Bertz CT molecular complexity index is 1190. The zero-order chi connectivity index (χ0) is 19.0. The maximum absolute atomic E-state index is 11.0. The number of furan rings is 1. The van der Waals surface area contributed by atoms with E-state index in [9.17, 15) is 10.1 Å². The Hall–Kier alpha value is -2.97. The minimum Gasteiger partial charge on any atom is -0.463 e. The minimum atomic E-state index is -0.479. The van der Waals surface area contributed by atoms with Crippen molar-refractivity contribution >= 4 is 50.9 Å². The second-order valence-corrected chi connectivity index (χ2v) is 6.88. The normalized spacial score (nSPS) is 11.5. The van der Waals surface area contributed by atoms with Crippen LogP contribution in [0.4, 0.5) is 11.5 Å². The molecule has 4 rings (SSSR count). The van der Waals surface area contributed by atoms with Crippen LogP contribution in [0, 0.1) is 10.1 Å². The minimum absolute atomic E-state index is 0.0620. The number of halogens is 2. The van der Waals surface area contributed by atoms with Gasteiger partial charge >= 0.3 is 0 Å². The van der Waals surface area contributed by atoms with Crippen LogP contribution in [0.3, 0.4) is 0 Å². The quantitative estimate of drug-likeness (QED) is 0.230. The van der Waals surface area contributed by atoms with Crippen molar-refractivity contribution in [2.45, 2.75) is 0 Å². The number of imidazole rings is 1. The van der Waals surface area contributed by atoms with E-state index in [1.165, 1.54) is 24.4 Å². The first-order valence-electron chi connectivity index (χ1n) is 7.72. The van der Waals surface area contributed by atoms with E-state index in [-0.39, 0.29) is 5.69 Å². The van der Waals surface area contributed by atoms with Crippen molar-refractivity contribution in [3.63, 3.8) is 0 Å². The number of hydrogen-bond acceptors (Lipinski definition) is 5. The van der Waals surface area contributed by atoms with E-state index < -0.39 is 4.92 Å². The maximum Gasteiger partial charge on any atom is 0.270 e. The zero-order valence-corrected chi connectivity index (χ0v) is 15.9. The molecule has 4 aromatic rings. The number of nitro benzene ring substituents is 1. The van der Waals surface area contributed by atoms with E-state index in [2.05, 4.69) is 25.9 Å². The summed E-state index contributed by atoms with van der Waals surface area (Å²) in [5, 5.41) is 11.4. The van der Waals surface area contributed by atoms with Crippen molar-refractivity contribution in [1.82, 2.24) is 9.38 Å². The van der Waals surface area contributed by atoms with E-state index in [4.69, 9.17) is 16.0 Å². The summed E-state index contributed by atoms with van der Waals surface area (Å²) in [6, 6.07) is 11.5. The average molecular weight is 446 g/mol. The summed E-state index contributed by atoms with van der Waals surface area (Å²) in [5.41, 5.74) is 1.60. The number of aliphatic imine (C=N–C) groups is 1. The lowest BCUT2D eigenvalue weighted by atomic mass is 10.2. The molecule has 0 bridgehead atoms. The lowest BCUT2D eigenvalue weighted by Crippen LogP contribution is -1.91. The summed E-state index contributed by atoms with van der Waals surface area (Å²) in [5.74, 6) is 1.08. The van der Waals surface area contributed by atoms with Crippen LogP contribution in [0.25, 0.3) is 17.1 Å². The van der Waals surface area contributed by atoms with Crippen LogP contribution in [-0.2, 0) is 0 Å². The summed E-state index contributed by atoms with van der Waals surface area (Å²) in [7, 11) is 0. The predicted octanol–water partition coefficient (Wildman–Crippen LogP) is 5.67. The smallest absolute Gasteiger partial charge is 0.270 e. The van der Waals surface area contributed by atoms with Crippen molar-refractivity contribution in [3.05, 3.63) is 80.1 Å². The van der Waals surface area contributed by atoms with Gasteiger partial charge in [-0.15, -0.1) is 0 Å². The first-order valence-corrected chi connectivity index (χ1v) is 8.89. The molecule has 0 aliphatic carbocycles. The van der Waals surface area contributed by atoms with Crippen molar-refractivity contribution in [3.8, 4) is 11.5 Å². The topological polar surface area (TPSA) is 85.9 Å². The van der Waals surface area contributed by atoms with E-state index in [1.807, 2.05) is 18.3 Å². The van der Waals surface area contributed by atoms with Gasteiger partial charge in [0.15, 0.2) is 17.3 Å². The highest BCUT2D eigenvalue weighted by Gasteiger charge is 2.16. The van der Waals surface area contributed by atoms with E-state index in [1.54, 1.807) is 22.8 Å². The third kappa shape index (κ3) is 3.36. The standard InChI is InChI=1S/C18H10BrClN4O3/c19-12-3-6-16-22-17(15-2-1-7-27-15)18(23(16)10-12)21-9-11-8-13(24(25)26)4-5-14(11)20/h1-10H. The van der Waals surface area contributed by atoms with Gasteiger partial charge in [-0.3, -0.25) is 14.5 Å². The number of nitrogens with zero attached hydrogens (tertiary/aromatic N) is 4. The molecule has 0 aliphatic rings. The van der Waals surface area contributed by atoms with Crippen LogP contribution in [0.5, 0.6) is 0 Å². The highest BCUT2D eigenvalue weighted by atomic mass is 79.9. The lowest BCUT2D eigenvalue weighted by molar-refractivity contribution is -0.384. The summed E-state index contributed by atoms with van der Waals surface area (Å²) < 4.78 is 8.12. The average Bonchev–Trinajstić information content (AvgIpc) is 3.28. The molecular formula is C18H10BrClN4O3.